The zero-order chi connectivity index (χ0) is 17.1. The normalized spacial score (nSPS) is 24.5. The highest BCUT2D eigenvalue weighted by molar-refractivity contribution is 5.04. The molecule has 0 amide bonds. The summed E-state index contributed by atoms with van der Waals surface area (Å²) in [6.07, 6.45) is 9.83. The number of imidazole rings is 1. The van der Waals surface area contributed by atoms with Crippen LogP contribution in [0.5, 0.6) is 0 Å². The number of pyridine rings is 1. The molecule has 2 aromatic rings. The van der Waals surface area contributed by atoms with E-state index < -0.39 is 0 Å². The highest BCUT2D eigenvalue weighted by Gasteiger charge is 2.35. The smallest absolute Gasteiger partial charge is 0.122 e. The Morgan fingerprint density at radius 2 is 2.00 bits per heavy atom. The van der Waals surface area contributed by atoms with Gasteiger partial charge in [-0.25, -0.2) is 4.98 Å². The fourth-order valence-corrected chi connectivity index (χ4v) is 4.44. The van der Waals surface area contributed by atoms with Crippen molar-refractivity contribution in [2.45, 2.75) is 51.9 Å². The second-order valence-corrected chi connectivity index (χ2v) is 7.58. The maximum atomic E-state index is 4.63. The molecule has 5 rings (SSSR count). The van der Waals surface area contributed by atoms with E-state index in [2.05, 4.69) is 49.6 Å². The van der Waals surface area contributed by atoms with Crippen LogP contribution in [0.1, 0.15) is 37.7 Å². The predicted molar refractivity (Wildman–Crippen MR) is 99.0 cm³/mol. The number of nitrogens with zero attached hydrogens (tertiary/aromatic N) is 5. The topological polar surface area (TPSA) is 37.2 Å². The van der Waals surface area contributed by atoms with Crippen LogP contribution in [0.25, 0.3) is 0 Å². The van der Waals surface area contributed by atoms with Crippen LogP contribution in [-0.4, -0.2) is 50.0 Å². The van der Waals surface area contributed by atoms with Crippen LogP contribution in [0.15, 0.2) is 36.8 Å². The number of piperidine rings is 1. The molecule has 5 heteroatoms. The molecule has 5 heterocycles. The molecule has 25 heavy (non-hydrogen) atoms. The summed E-state index contributed by atoms with van der Waals surface area (Å²) in [5.74, 6) is 2.00. The van der Waals surface area contributed by atoms with E-state index >= 15 is 0 Å². The van der Waals surface area contributed by atoms with Crippen molar-refractivity contribution in [3.8, 4) is 0 Å². The van der Waals surface area contributed by atoms with Gasteiger partial charge in [-0.3, -0.25) is 14.8 Å². The van der Waals surface area contributed by atoms with E-state index in [0.717, 1.165) is 38.5 Å². The lowest BCUT2D eigenvalue weighted by Gasteiger charge is -2.36. The molecule has 134 valence electrons. The van der Waals surface area contributed by atoms with Crippen LogP contribution in [0.3, 0.4) is 0 Å². The van der Waals surface area contributed by atoms with Crippen molar-refractivity contribution in [1.82, 2.24) is 24.3 Å². The first-order valence-corrected chi connectivity index (χ1v) is 9.68. The van der Waals surface area contributed by atoms with Crippen molar-refractivity contribution >= 4 is 0 Å². The van der Waals surface area contributed by atoms with Crippen LogP contribution < -0.4 is 0 Å². The summed E-state index contributed by atoms with van der Waals surface area (Å²) in [6.45, 7) is 8.84. The van der Waals surface area contributed by atoms with Crippen LogP contribution in [0, 0.1) is 5.92 Å². The van der Waals surface area contributed by atoms with Gasteiger partial charge in [-0.1, -0.05) is 13.0 Å². The van der Waals surface area contributed by atoms with Crippen LogP contribution >= 0.6 is 0 Å². The number of aryl methyl sites for hydroxylation is 1. The first-order valence-electron chi connectivity index (χ1n) is 9.68. The lowest BCUT2D eigenvalue weighted by Crippen LogP contribution is -2.43. The molecule has 3 aliphatic heterocycles. The number of fused-ring (bicyclic) bond motifs is 4. The third-order valence-electron chi connectivity index (χ3n) is 5.63. The Morgan fingerprint density at radius 1 is 1.04 bits per heavy atom. The summed E-state index contributed by atoms with van der Waals surface area (Å²) in [6, 6.07) is 6.88. The van der Waals surface area contributed by atoms with E-state index in [0.29, 0.717) is 6.04 Å². The number of rotatable bonds is 6. The molecule has 3 aliphatic rings. The molecule has 2 atom stereocenters. The Bertz CT molecular complexity index is 668. The summed E-state index contributed by atoms with van der Waals surface area (Å²) in [4.78, 5) is 14.4. The van der Waals surface area contributed by atoms with Crippen molar-refractivity contribution in [3.05, 3.63) is 48.3 Å². The molecule has 2 bridgehead atoms. The lowest BCUT2D eigenvalue weighted by atomic mass is 9.95. The Balaban J connectivity index is 1.43. The second kappa shape index (κ2) is 7.67. The molecule has 0 aliphatic carbocycles. The summed E-state index contributed by atoms with van der Waals surface area (Å²) in [5, 5.41) is 0. The fraction of sp³-hybridized carbons (Fsp3) is 0.600. The van der Waals surface area contributed by atoms with Gasteiger partial charge in [-0.2, -0.15) is 0 Å². The minimum Gasteiger partial charge on any atom is -0.334 e. The zero-order valence-corrected chi connectivity index (χ0v) is 15.2. The summed E-state index contributed by atoms with van der Waals surface area (Å²) in [7, 11) is 0. The molecule has 5 nitrogen and oxygen atoms in total. The minimum absolute atomic E-state index is 0.647. The van der Waals surface area contributed by atoms with Gasteiger partial charge in [0.05, 0.1) is 12.2 Å². The molecule has 2 aromatic heterocycles. The molecule has 0 radical (unpaired) electrons. The van der Waals surface area contributed by atoms with Gasteiger partial charge in [0.25, 0.3) is 0 Å². The van der Waals surface area contributed by atoms with E-state index in [9.17, 15) is 0 Å². The highest BCUT2D eigenvalue weighted by Crippen LogP contribution is 2.29. The summed E-state index contributed by atoms with van der Waals surface area (Å²) in [5.41, 5.74) is 1.19. The molecule has 3 fully saturated rings. The first kappa shape index (κ1) is 16.7. The molecule has 0 unspecified atom stereocenters. The predicted octanol–water partition coefficient (Wildman–Crippen LogP) is 2.78. The van der Waals surface area contributed by atoms with Crippen molar-refractivity contribution < 1.29 is 0 Å². The van der Waals surface area contributed by atoms with Crippen LogP contribution in [-0.2, 0) is 19.6 Å². The highest BCUT2D eigenvalue weighted by atomic mass is 15.3. The molecule has 0 spiro atoms. The van der Waals surface area contributed by atoms with Crippen LogP contribution in [0.4, 0.5) is 0 Å². The molecular formula is C20H29N5. The largest absolute Gasteiger partial charge is 0.334 e. The SMILES string of the molecule is CCCn1ccnc1CN1C[C@H]2CC[C@@H]1CN(Cc1ccccn1)C2. The van der Waals surface area contributed by atoms with Gasteiger partial charge in [0.2, 0.25) is 0 Å². The van der Waals surface area contributed by atoms with Gasteiger partial charge in [0, 0.05) is 57.4 Å². The van der Waals surface area contributed by atoms with Gasteiger partial charge in [-0.15, -0.1) is 0 Å². The summed E-state index contributed by atoms with van der Waals surface area (Å²) < 4.78 is 2.32. The minimum atomic E-state index is 0.647. The average molecular weight is 339 g/mol. The van der Waals surface area contributed by atoms with Crippen molar-refractivity contribution in [2.75, 3.05) is 19.6 Å². The lowest BCUT2D eigenvalue weighted by molar-refractivity contribution is 0.118. The third kappa shape index (κ3) is 3.93. The van der Waals surface area contributed by atoms with E-state index in [4.69, 9.17) is 0 Å². The molecular weight excluding hydrogens is 310 g/mol. The third-order valence-corrected chi connectivity index (χ3v) is 5.63. The number of hydrogen-bond acceptors (Lipinski definition) is 4. The molecule has 0 saturated carbocycles. The van der Waals surface area contributed by atoms with E-state index in [1.165, 1.54) is 37.4 Å². The zero-order valence-electron chi connectivity index (χ0n) is 15.2. The summed E-state index contributed by atoms with van der Waals surface area (Å²) >= 11 is 0. The van der Waals surface area contributed by atoms with E-state index in [-0.39, 0.29) is 0 Å². The fourth-order valence-electron chi connectivity index (χ4n) is 4.44. The van der Waals surface area contributed by atoms with Gasteiger partial charge in [-0.05, 0) is 37.3 Å². The van der Waals surface area contributed by atoms with Crippen molar-refractivity contribution in [2.24, 2.45) is 5.92 Å². The average Bonchev–Trinajstić information content (AvgIpc) is 2.87. The van der Waals surface area contributed by atoms with E-state index in [1.54, 1.807) is 0 Å². The molecule has 3 saturated heterocycles. The molecule has 0 N–H and O–H groups in total. The second-order valence-electron chi connectivity index (χ2n) is 7.58. The van der Waals surface area contributed by atoms with Crippen molar-refractivity contribution in [1.29, 1.82) is 0 Å². The Morgan fingerprint density at radius 3 is 2.84 bits per heavy atom. The first-order chi connectivity index (χ1) is 12.3. The van der Waals surface area contributed by atoms with E-state index in [1.807, 2.05) is 18.5 Å². The maximum Gasteiger partial charge on any atom is 0.122 e. The van der Waals surface area contributed by atoms with Gasteiger partial charge < -0.3 is 4.57 Å². The number of aromatic nitrogens is 3. The van der Waals surface area contributed by atoms with Crippen LogP contribution in [0.2, 0.25) is 0 Å². The maximum absolute atomic E-state index is 4.63. The number of hydrogen-bond donors (Lipinski definition) is 0. The quantitative estimate of drug-likeness (QED) is 0.811. The standard InChI is InChI=1S/C20H29N5/c1-2-10-24-11-9-22-20(24)16-25-13-17-6-7-19(25)15-23(12-17)14-18-5-3-4-8-21-18/h3-5,8-9,11,17,19H,2,6-7,10,12-16H2,1H3/t17-,19+/m0/s1. The van der Waals surface area contributed by atoms with Gasteiger partial charge in [0.1, 0.15) is 5.82 Å². The van der Waals surface area contributed by atoms with Crippen molar-refractivity contribution in [3.63, 3.8) is 0 Å². The monoisotopic (exact) mass is 339 g/mol. The molecule has 0 aromatic carbocycles. The van der Waals surface area contributed by atoms with Gasteiger partial charge in [0.15, 0.2) is 0 Å². The Kier molecular flexibility index (Phi) is 5.13. The van der Waals surface area contributed by atoms with Gasteiger partial charge >= 0.3 is 0 Å². The Labute approximate surface area is 150 Å². The Hall–Kier alpha value is -1.72.